The van der Waals surface area contributed by atoms with Crippen LogP contribution in [-0.2, 0) is 11.4 Å². The molecule has 0 N–H and O–H groups in total. The Morgan fingerprint density at radius 1 is 1.75 bits per heavy atom. The molecule has 0 aliphatic rings. The molecule has 0 saturated carbocycles. The van der Waals surface area contributed by atoms with Gasteiger partial charge in [-0.2, -0.15) is 4.98 Å². The Bertz CT molecular complexity index is 282. The van der Waals surface area contributed by atoms with Gasteiger partial charge < -0.3 is 14.6 Å². The molecule has 0 radical (unpaired) electrons. The van der Waals surface area contributed by atoms with Crippen molar-refractivity contribution in [2.45, 2.75) is 13.5 Å². The number of aryl methyl sites for hydroxylation is 1. The summed E-state index contributed by atoms with van der Waals surface area (Å²) in [5, 5.41) is 17.3. The van der Waals surface area contributed by atoms with Gasteiger partial charge in [-0.05, 0) is 4.86 Å². The van der Waals surface area contributed by atoms with Crippen molar-refractivity contribution in [2.75, 3.05) is 7.11 Å². The zero-order valence-corrected chi connectivity index (χ0v) is 6.72. The van der Waals surface area contributed by atoms with E-state index in [1.807, 2.05) is 0 Å². The standard InChI is InChI=1S/C5H8N4O3/c1-4-6-5(7-12-4)3-9(10)8-11-2/h3H2,1-2H3. The van der Waals surface area contributed by atoms with Crippen LogP contribution in [0.2, 0.25) is 0 Å². The van der Waals surface area contributed by atoms with Crippen LogP contribution in [0.25, 0.3) is 0 Å². The molecule has 1 aromatic rings. The normalized spacial score (nSPS) is 11.7. The molecular weight excluding hydrogens is 164 g/mol. The minimum absolute atomic E-state index is 0.0782. The highest BCUT2D eigenvalue weighted by molar-refractivity contribution is 4.79. The third-order valence-electron chi connectivity index (χ3n) is 1.02. The van der Waals surface area contributed by atoms with Crippen LogP contribution < -0.4 is 0 Å². The quantitative estimate of drug-likeness (QED) is 0.374. The second-order valence-corrected chi connectivity index (χ2v) is 2.00. The SMILES string of the molecule is CON=[N+]([O-])Cc1noc(C)n1. The van der Waals surface area contributed by atoms with Gasteiger partial charge in [0.2, 0.25) is 18.3 Å². The fourth-order valence-electron chi connectivity index (χ4n) is 0.646. The van der Waals surface area contributed by atoms with Crippen molar-refractivity contribution in [3.05, 3.63) is 16.9 Å². The first-order valence-electron chi connectivity index (χ1n) is 3.20. The molecule has 12 heavy (non-hydrogen) atoms. The average molecular weight is 172 g/mol. The Hall–Kier alpha value is -1.66. The number of rotatable bonds is 3. The van der Waals surface area contributed by atoms with Gasteiger partial charge in [-0.25, -0.2) is 0 Å². The van der Waals surface area contributed by atoms with Crippen LogP contribution in [-0.4, -0.2) is 22.1 Å². The summed E-state index contributed by atoms with van der Waals surface area (Å²) < 4.78 is 4.63. The minimum Gasteiger partial charge on any atom is -0.597 e. The largest absolute Gasteiger partial charge is 0.597 e. The molecule has 7 heteroatoms. The smallest absolute Gasteiger partial charge is 0.246 e. The summed E-state index contributed by atoms with van der Waals surface area (Å²) >= 11 is 0. The van der Waals surface area contributed by atoms with Crippen LogP contribution >= 0.6 is 0 Å². The lowest BCUT2D eigenvalue weighted by molar-refractivity contribution is -0.573. The molecule has 1 heterocycles. The molecule has 0 fully saturated rings. The molecule has 0 atom stereocenters. The van der Waals surface area contributed by atoms with Gasteiger partial charge in [0, 0.05) is 6.92 Å². The lowest BCUT2D eigenvalue weighted by atomic mass is 10.6. The van der Waals surface area contributed by atoms with Crippen LogP contribution in [0.1, 0.15) is 11.7 Å². The van der Waals surface area contributed by atoms with Crippen LogP contribution in [0.3, 0.4) is 0 Å². The van der Waals surface area contributed by atoms with Gasteiger partial charge in [-0.1, -0.05) is 5.16 Å². The molecule has 1 rings (SSSR count). The van der Waals surface area contributed by atoms with Crippen molar-refractivity contribution in [3.63, 3.8) is 0 Å². The first kappa shape index (κ1) is 8.44. The summed E-state index contributed by atoms with van der Waals surface area (Å²) in [4.78, 5) is 8.36. The van der Waals surface area contributed by atoms with E-state index in [9.17, 15) is 5.21 Å². The summed E-state index contributed by atoms with van der Waals surface area (Å²) in [6.07, 6.45) is 0. The van der Waals surface area contributed by atoms with E-state index in [2.05, 4.69) is 24.8 Å². The van der Waals surface area contributed by atoms with E-state index < -0.39 is 0 Å². The molecule has 0 saturated heterocycles. The first-order valence-corrected chi connectivity index (χ1v) is 3.20. The lowest BCUT2D eigenvalue weighted by Crippen LogP contribution is -2.02. The molecule has 0 aliphatic carbocycles. The predicted octanol–water partition coefficient (Wildman–Crippen LogP) is 0.402. The average Bonchev–Trinajstić information content (AvgIpc) is 2.36. The Morgan fingerprint density at radius 3 is 3.00 bits per heavy atom. The van der Waals surface area contributed by atoms with Crippen molar-refractivity contribution in [1.82, 2.24) is 10.1 Å². The van der Waals surface area contributed by atoms with Crippen molar-refractivity contribution in [1.29, 1.82) is 0 Å². The number of hydrogen-bond acceptors (Lipinski definition) is 6. The van der Waals surface area contributed by atoms with Crippen molar-refractivity contribution in [2.24, 2.45) is 5.28 Å². The zero-order valence-electron chi connectivity index (χ0n) is 6.72. The molecule has 0 aliphatic heterocycles. The van der Waals surface area contributed by atoms with Crippen LogP contribution in [0.4, 0.5) is 0 Å². The van der Waals surface area contributed by atoms with Crippen molar-refractivity contribution in [3.8, 4) is 0 Å². The second kappa shape index (κ2) is 3.65. The number of hydrogen-bond donors (Lipinski definition) is 0. The topological polar surface area (TPSA) is 86.6 Å². The lowest BCUT2D eigenvalue weighted by Gasteiger charge is -1.93. The Labute approximate surface area is 68.2 Å². The van der Waals surface area contributed by atoms with Gasteiger partial charge in [0.1, 0.15) is 7.11 Å². The van der Waals surface area contributed by atoms with Crippen LogP contribution in [0.5, 0.6) is 0 Å². The van der Waals surface area contributed by atoms with E-state index in [4.69, 9.17) is 0 Å². The van der Waals surface area contributed by atoms with Crippen molar-refractivity contribution < 1.29 is 14.2 Å². The molecule has 7 nitrogen and oxygen atoms in total. The monoisotopic (exact) mass is 172 g/mol. The van der Waals surface area contributed by atoms with E-state index in [1.54, 1.807) is 6.92 Å². The summed E-state index contributed by atoms with van der Waals surface area (Å²) in [6, 6.07) is 0. The van der Waals surface area contributed by atoms with Gasteiger partial charge in [0.15, 0.2) is 5.28 Å². The molecule has 0 amide bonds. The van der Waals surface area contributed by atoms with Crippen LogP contribution in [0.15, 0.2) is 9.80 Å². The maximum Gasteiger partial charge on any atom is 0.246 e. The first-order chi connectivity index (χ1) is 5.72. The number of aromatic nitrogens is 2. The van der Waals surface area contributed by atoms with E-state index in [0.29, 0.717) is 10.8 Å². The summed E-state index contributed by atoms with van der Waals surface area (Å²) in [5.41, 5.74) is 0. The van der Waals surface area contributed by atoms with Crippen LogP contribution in [0, 0.1) is 12.1 Å². The van der Waals surface area contributed by atoms with E-state index >= 15 is 0 Å². The van der Waals surface area contributed by atoms with E-state index in [-0.39, 0.29) is 12.4 Å². The highest BCUT2D eigenvalue weighted by Crippen LogP contribution is 1.96. The molecule has 66 valence electrons. The van der Waals surface area contributed by atoms with Gasteiger partial charge in [0.25, 0.3) is 0 Å². The Balaban J connectivity index is 2.58. The summed E-state index contributed by atoms with van der Waals surface area (Å²) in [6.45, 7) is 1.56. The molecule has 1 aromatic heterocycles. The van der Waals surface area contributed by atoms with Gasteiger partial charge in [-0.15, -0.1) is 0 Å². The third kappa shape index (κ3) is 2.19. The fourth-order valence-corrected chi connectivity index (χ4v) is 0.646. The van der Waals surface area contributed by atoms with Crippen molar-refractivity contribution >= 4 is 0 Å². The number of nitrogens with zero attached hydrogens (tertiary/aromatic N) is 4. The zero-order chi connectivity index (χ0) is 8.97. The molecule has 0 aromatic carbocycles. The summed E-state index contributed by atoms with van der Waals surface area (Å²) in [5.74, 6) is 0.694. The Kier molecular flexibility index (Phi) is 2.57. The maximum absolute atomic E-state index is 10.7. The van der Waals surface area contributed by atoms with Gasteiger partial charge in [-0.3, -0.25) is 0 Å². The summed E-state index contributed by atoms with van der Waals surface area (Å²) in [7, 11) is 1.28. The van der Waals surface area contributed by atoms with E-state index in [0.717, 1.165) is 0 Å². The Morgan fingerprint density at radius 2 is 2.50 bits per heavy atom. The molecule has 0 bridgehead atoms. The molecule has 0 spiro atoms. The number of hydroxylamine groups is 1. The predicted molar refractivity (Wildman–Crippen MR) is 35.8 cm³/mol. The molecular formula is C5H8N4O3. The highest BCUT2D eigenvalue weighted by Gasteiger charge is 2.07. The van der Waals surface area contributed by atoms with E-state index in [1.165, 1.54) is 7.11 Å². The highest BCUT2D eigenvalue weighted by atomic mass is 16.7. The third-order valence-corrected chi connectivity index (χ3v) is 1.02. The minimum atomic E-state index is -0.0782. The fraction of sp³-hybridized carbons (Fsp3) is 0.600. The molecule has 0 unspecified atom stereocenters. The second-order valence-electron chi connectivity index (χ2n) is 2.00. The maximum atomic E-state index is 10.7. The van der Waals surface area contributed by atoms with Gasteiger partial charge >= 0.3 is 0 Å². The van der Waals surface area contributed by atoms with Gasteiger partial charge in [0.05, 0.1) is 0 Å².